The van der Waals surface area contributed by atoms with Gasteiger partial charge in [0.05, 0.1) is 12.7 Å². The van der Waals surface area contributed by atoms with E-state index in [1.54, 1.807) is 24.5 Å². The molecule has 1 N–H and O–H groups in total. The molecule has 2 aliphatic rings. The first-order valence-corrected chi connectivity index (χ1v) is 7.69. The molecule has 0 spiro atoms. The van der Waals surface area contributed by atoms with Crippen molar-refractivity contribution in [2.75, 3.05) is 13.4 Å². The minimum Gasteiger partial charge on any atom is -0.612 e. The maximum atomic E-state index is 11.7. The van der Waals surface area contributed by atoms with Crippen LogP contribution in [0.2, 0.25) is 0 Å². The molecule has 8 nitrogen and oxygen atoms in total. The van der Waals surface area contributed by atoms with Crippen LogP contribution < -0.4 is 10.1 Å². The second-order valence-corrected chi connectivity index (χ2v) is 5.79. The van der Waals surface area contributed by atoms with Crippen molar-refractivity contribution >= 4 is 40.5 Å². The van der Waals surface area contributed by atoms with Crippen molar-refractivity contribution in [3.05, 3.63) is 23.8 Å². The number of hydrogen-bond acceptors (Lipinski definition) is 6. The molecule has 0 aromatic heterocycles. The Hall–Kier alpha value is -2.52. The van der Waals surface area contributed by atoms with Crippen LogP contribution in [0.15, 0.2) is 38.1 Å². The van der Waals surface area contributed by atoms with Crippen molar-refractivity contribution in [2.45, 2.75) is 4.90 Å². The van der Waals surface area contributed by atoms with Gasteiger partial charge in [0.1, 0.15) is 12.0 Å². The highest BCUT2D eigenvalue weighted by atomic mass is 32.2. The third-order valence-corrected chi connectivity index (χ3v) is 3.95. The van der Waals surface area contributed by atoms with E-state index in [0.29, 0.717) is 16.2 Å². The smallest absolute Gasteiger partial charge is 0.350 e. The van der Waals surface area contributed by atoms with Crippen molar-refractivity contribution in [3.8, 4) is 5.75 Å². The van der Waals surface area contributed by atoms with E-state index < -0.39 is 23.1 Å². The third-order valence-electron chi connectivity index (χ3n) is 3.03. The van der Waals surface area contributed by atoms with Gasteiger partial charge in [0, 0.05) is 6.07 Å². The van der Waals surface area contributed by atoms with Crippen molar-refractivity contribution in [3.63, 3.8) is 0 Å². The fraction of sp³-hybridized carbons (Fsp3) is 0.154. The molecule has 1 aromatic rings. The number of nitrogens with zero attached hydrogens (tertiary/aromatic N) is 3. The van der Waals surface area contributed by atoms with E-state index in [4.69, 9.17) is 4.74 Å². The molecule has 0 bridgehead atoms. The first kappa shape index (κ1) is 14.4. The number of imide groups is 1. The zero-order valence-corrected chi connectivity index (χ0v) is 12.4. The van der Waals surface area contributed by atoms with Crippen LogP contribution >= 0.6 is 0 Å². The summed E-state index contributed by atoms with van der Waals surface area (Å²) in [5.41, 5.74) is 0.501. The average molecular weight is 318 g/mol. The highest BCUT2D eigenvalue weighted by Gasteiger charge is 2.32. The van der Waals surface area contributed by atoms with E-state index >= 15 is 0 Å². The molecule has 1 atom stereocenters. The summed E-state index contributed by atoms with van der Waals surface area (Å²) < 4.78 is 16.8. The first-order chi connectivity index (χ1) is 10.5. The fourth-order valence-corrected chi connectivity index (χ4v) is 2.53. The van der Waals surface area contributed by atoms with Gasteiger partial charge in [-0.3, -0.25) is 10.1 Å². The number of nitrogens with one attached hydrogen (secondary N) is 1. The number of amides is 3. The number of methoxy groups -OCH3 is 1. The standard InChI is InChI=1S/C13H10N4O4S/c1-21-8-5-6(22(2)20)3-4-7(8)10-14-9-11(15-10)16-13(19)17-12(9)18/h3-5H,1-2H3,(H,17,18,19). The maximum Gasteiger partial charge on any atom is 0.350 e. The number of carbonyl (C=O) groups excluding carboxylic acids is 2. The topological polar surface area (TPSA) is 116 Å². The van der Waals surface area contributed by atoms with Gasteiger partial charge in [0.2, 0.25) is 0 Å². The maximum absolute atomic E-state index is 11.7. The zero-order valence-electron chi connectivity index (χ0n) is 11.6. The van der Waals surface area contributed by atoms with Crippen LogP contribution in [0, 0.1) is 0 Å². The lowest BCUT2D eigenvalue weighted by molar-refractivity contribution is -0.113. The van der Waals surface area contributed by atoms with Crippen molar-refractivity contribution in [1.82, 2.24) is 5.32 Å². The molecule has 3 rings (SSSR count). The lowest BCUT2D eigenvalue weighted by Crippen LogP contribution is -2.41. The van der Waals surface area contributed by atoms with E-state index in [2.05, 4.69) is 15.0 Å². The second-order valence-electron chi connectivity index (χ2n) is 4.41. The summed E-state index contributed by atoms with van der Waals surface area (Å²) in [6.45, 7) is 0. The van der Waals surface area contributed by atoms with E-state index in [-0.39, 0.29) is 17.4 Å². The van der Waals surface area contributed by atoms with Gasteiger partial charge in [-0.05, 0) is 23.3 Å². The SMILES string of the molecule is COc1cc([S+](C)[O-])ccc1C1=NC2=NC(=O)NC(=O)C2=N1. The van der Waals surface area contributed by atoms with Gasteiger partial charge in [0.25, 0.3) is 5.91 Å². The van der Waals surface area contributed by atoms with Gasteiger partial charge >= 0.3 is 6.03 Å². The molecule has 0 radical (unpaired) electrons. The van der Waals surface area contributed by atoms with Gasteiger partial charge in [0.15, 0.2) is 22.3 Å². The average Bonchev–Trinajstić information content (AvgIpc) is 2.90. The largest absolute Gasteiger partial charge is 0.612 e. The Balaban J connectivity index is 2.06. The van der Waals surface area contributed by atoms with Gasteiger partial charge in [-0.25, -0.2) is 14.8 Å². The molecule has 112 valence electrons. The predicted molar refractivity (Wildman–Crippen MR) is 80.3 cm³/mol. The van der Waals surface area contributed by atoms with E-state index in [0.717, 1.165) is 0 Å². The van der Waals surface area contributed by atoms with Crippen molar-refractivity contribution < 1.29 is 18.9 Å². The normalized spacial score (nSPS) is 18.0. The number of rotatable bonds is 3. The van der Waals surface area contributed by atoms with Crippen LogP contribution in [0.5, 0.6) is 5.75 Å². The molecule has 0 saturated carbocycles. The van der Waals surface area contributed by atoms with Crippen LogP contribution in [0.4, 0.5) is 4.79 Å². The molecule has 0 aliphatic carbocycles. The predicted octanol–water partition coefficient (Wildman–Crippen LogP) is 0.282. The summed E-state index contributed by atoms with van der Waals surface area (Å²) in [5.74, 6) is -0.0291. The molecule has 9 heteroatoms. The Morgan fingerprint density at radius 1 is 1.18 bits per heavy atom. The number of benzene rings is 1. The Bertz CT molecular complexity index is 782. The van der Waals surface area contributed by atoms with E-state index in [1.165, 1.54) is 7.11 Å². The number of amidine groups is 2. The quantitative estimate of drug-likeness (QED) is 0.806. The first-order valence-electron chi connectivity index (χ1n) is 6.13. The molecular weight excluding hydrogens is 308 g/mol. The van der Waals surface area contributed by atoms with E-state index in [9.17, 15) is 14.1 Å². The lowest BCUT2D eigenvalue weighted by atomic mass is 10.2. The Morgan fingerprint density at radius 2 is 1.95 bits per heavy atom. The lowest BCUT2D eigenvalue weighted by Gasteiger charge is -2.09. The monoisotopic (exact) mass is 318 g/mol. The second kappa shape index (κ2) is 5.35. The van der Waals surface area contributed by atoms with Crippen molar-refractivity contribution in [1.29, 1.82) is 0 Å². The van der Waals surface area contributed by atoms with Gasteiger partial charge in [-0.2, -0.15) is 4.99 Å². The number of urea groups is 1. The van der Waals surface area contributed by atoms with Crippen molar-refractivity contribution in [2.24, 2.45) is 15.0 Å². The third kappa shape index (κ3) is 2.40. The number of hydrogen-bond donors (Lipinski definition) is 1. The Labute approximate surface area is 128 Å². The summed E-state index contributed by atoms with van der Waals surface area (Å²) in [7, 11) is 1.46. The Kier molecular flexibility index (Phi) is 3.51. The zero-order chi connectivity index (χ0) is 15.9. The van der Waals surface area contributed by atoms with Crippen LogP contribution in [-0.4, -0.2) is 47.2 Å². The molecular formula is C13H10N4O4S. The summed E-state index contributed by atoms with van der Waals surface area (Å²) in [5, 5.41) is 2.03. The molecule has 1 unspecified atom stereocenters. The van der Waals surface area contributed by atoms with Gasteiger partial charge < -0.3 is 9.29 Å². The van der Waals surface area contributed by atoms with Crippen LogP contribution in [0.1, 0.15) is 5.56 Å². The summed E-state index contributed by atoms with van der Waals surface area (Å²) in [6, 6.07) is 4.15. The van der Waals surface area contributed by atoms with Crippen LogP contribution in [0.25, 0.3) is 0 Å². The summed E-state index contributed by atoms with van der Waals surface area (Å²) in [4.78, 5) is 35.3. The molecule has 3 amide bonds. The number of ether oxygens (including phenoxy) is 1. The minimum atomic E-state index is -1.16. The number of fused-ring (bicyclic) bond motifs is 1. The highest BCUT2D eigenvalue weighted by Crippen LogP contribution is 2.25. The highest BCUT2D eigenvalue weighted by molar-refractivity contribution is 7.90. The summed E-state index contributed by atoms with van der Waals surface area (Å²) in [6.07, 6.45) is 1.56. The molecule has 0 saturated heterocycles. The molecule has 22 heavy (non-hydrogen) atoms. The molecule has 0 fully saturated rings. The minimum absolute atomic E-state index is 0.0141. The number of carbonyl (C=O) groups is 2. The molecule has 2 aliphatic heterocycles. The number of aliphatic imine (C=N–C) groups is 3. The van der Waals surface area contributed by atoms with Gasteiger partial charge in [-0.15, -0.1) is 0 Å². The van der Waals surface area contributed by atoms with Crippen LogP contribution in [0.3, 0.4) is 0 Å². The molecule has 2 heterocycles. The summed E-state index contributed by atoms with van der Waals surface area (Å²) >= 11 is -1.16. The Morgan fingerprint density at radius 3 is 2.64 bits per heavy atom. The molecule has 1 aromatic carbocycles. The van der Waals surface area contributed by atoms with E-state index in [1.807, 2.05) is 5.32 Å². The fourth-order valence-electron chi connectivity index (χ4n) is 2.00. The van der Waals surface area contributed by atoms with Gasteiger partial charge in [-0.1, -0.05) is 0 Å². The van der Waals surface area contributed by atoms with Crippen LogP contribution in [-0.2, 0) is 16.0 Å².